The largest absolute Gasteiger partial charge is 0.495 e. The zero-order valence-electron chi connectivity index (χ0n) is 13.7. The minimum absolute atomic E-state index is 0.212. The number of anilines is 2. The van der Waals surface area contributed by atoms with Gasteiger partial charge >= 0.3 is 0 Å². The molecule has 1 rings (SSSR count). The SMILES string of the molecule is C=C(C)C(=O)NCCNc1c(OC)cc(C(C)=O)c(N)c1CO. The summed E-state index contributed by atoms with van der Waals surface area (Å²) in [4.78, 5) is 23.0. The average Bonchev–Trinajstić information content (AvgIpc) is 2.50. The monoisotopic (exact) mass is 321 g/mol. The summed E-state index contributed by atoms with van der Waals surface area (Å²) in [5.41, 5.74) is 7.78. The molecular weight excluding hydrogens is 298 g/mol. The molecule has 0 aliphatic rings. The van der Waals surface area contributed by atoms with Crippen molar-refractivity contribution in [3.05, 3.63) is 29.3 Å². The number of methoxy groups -OCH3 is 1. The zero-order chi connectivity index (χ0) is 17.6. The summed E-state index contributed by atoms with van der Waals surface area (Å²) in [7, 11) is 1.46. The van der Waals surface area contributed by atoms with Crippen LogP contribution < -0.4 is 21.1 Å². The molecule has 5 N–H and O–H groups in total. The summed E-state index contributed by atoms with van der Waals surface area (Å²) in [6.07, 6.45) is 0. The van der Waals surface area contributed by atoms with Gasteiger partial charge in [-0.3, -0.25) is 9.59 Å². The first kappa shape index (κ1) is 18.5. The molecule has 7 heteroatoms. The smallest absolute Gasteiger partial charge is 0.246 e. The molecule has 1 aromatic carbocycles. The van der Waals surface area contributed by atoms with Crippen LogP contribution in [0, 0.1) is 0 Å². The lowest BCUT2D eigenvalue weighted by Crippen LogP contribution is -2.29. The van der Waals surface area contributed by atoms with Gasteiger partial charge in [0, 0.05) is 29.8 Å². The third-order valence-electron chi connectivity index (χ3n) is 3.30. The maximum atomic E-state index is 11.6. The number of Topliss-reactive ketones (excluding diaryl/α,β-unsaturated/α-hetero) is 1. The molecule has 0 aliphatic carbocycles. The van der Waals surface area contributed by atoms with E-state index in [9.17, 15) is 14.7 Å². The summed E-state index contributed by atoms with van der Waals surface area (Å²) in [5.74, 6) is -0.0389. The second-order valence-corrected chi connectivity index (χ2v) is 5.07. The Morgan fingerprint density at radius 3 is 2.48 bits per heavy atom. The van der Waals surface area contributed by atoms with Crippen LogP contribution in [0.2, 0.25) is 0 Å². The van der Waals surface area contributed by atoms with E-state index in [1.807, 2.05) is 0 Å². The number of hydrogen-bond acceptors (Lipinski definition) is 6. The molecule has 0 aliphatic heterocycles. The van der Waals surface area contributed by atoms with Gasteiger partial charge in [0.1, 0.15) is 5.75 Å². The number of nitrogens with one attached hydrogen (secondary N) is 2. The van der Waals surface area contributed by atoms with E-state index in [4.69, 9.17) is 10.5 Å². The quantitative estimate of drug-likeness (QED) is 0.246. The van der Waals surface area contributed by atoms with E-state index in [0.717, 1.165) is 0 Å². The summed E-state index contributed by atoms with van der Waals surface area (Å²) < 4.78 is 5.27. The van der Waals surface area contributed by atoms with Gasteiger partial charge in [0.2, 0.25) is 5.91 Å². The van der Waals surface area contributed by atoms with E-state index in [-0.39, 0.29) is 24.0 Å². The molecule has 0 unspecified atom stereocenters. The molecule has 0 aromatic heterocycles. The Balaban J connectivity index is 2.97. The molecule has 0 atom stereocenters. The normalized spacial score (nSPS) is 10.1. The Bertz CT molecular complexity index is 626. The fourth-order valence-electron chi connectivity index (χ4n) is 2.05. The molecule has 0 heterocycles. The molecule has 0 bridgehead atoms. The number of carbonyl (C=O) groups excluding carboxylic acids is 2. The first-order valence-corrected chi connectivity index (χ1v) is 7.12. The van der Waals surface area contributed by atoms with Crippen LogP contribution in [0.15, 0.2) is 18.2 Å². The van der Waals surface area contributed by atoms with Gasteiger partial charge in [-0.1, -0.05) is 6.58 Å². The predicted molar refractivity (Wildman–Crippen MR) is 89.6 cm³/mol. The van der Waals surface area contributed by atoms with Crippen LogP contribution in [-0.4, -0.2) is 37.0 Å². The van der Waals surface area contributed by atoms with Crippen molar-refractivity contribution in [3.8, 4) is 5.75 Å². The van der Waals surface area contributed by atoms with Gasteiger partial charge in [-0.15, -0.1) is 0 Å². The Morgan fingerprint density at radius 2 is 2.00 bits per heavy atom. The minimum Gasteiger partial charge on any atom is -0.495 e. The first-order valence-electron chi connectivity index (χ1n) is 7.12. The lowest BCUT2D eigenvalue weighted by atomic mass is 10.0. The van der Waals surface area contributed by atoms with Crippen molar-refractivity contribution >= 4 is 23.1 Å². The standard InChI is InChI=1S/C16H23N3O4/c1-9(2)16(22)19-6-5-18-15-12(8-20)14(17)11(10(3)21)7-13(15)23-4/h7,18,20H,1,5-6,8,17H2,2-4H3,(H,19,22). The van der Waals surface area contributed by atoms with Gasteiger partial charge in [0.15, 0.2) is 5.78 Å². The van der Waals surface area contributed by atoms with Gasteiger partial charge < -0.3 is 26.2 Å². The third-order valence-corrected chi connectivity index (χ3v) is 3.30. The average molecular weight is 321 g/mol. The number of nitrogen functional groups attached to an aromatic ring is 1. The van der Waals surface area contributed by atoms with Gasteiger partial charge in [-0.05, 0) is 19.9 Å². The number of hydrogen-bond donors (Lipinski definition) is 4. The second kappa shape index (κ2) is 8.19. The Labute approximate surface area is 135 Å². The molecule has 1 amide bonds. The highest BCUT2D eigenvalue weighted by atomic mass is 16.5. The van der Waals surface area contributed by atoms with Crippen LogP contribution in [0.1, 0.15) is 29.8 Å². The van der Waals surface area contributed by atoms with Crippen molar-refractivity contribution in [2.45, 2.75) is 20.5 Å². The van der Waals surface area contributed by atoms with Gasteiger partial charge in [0.05, 0.1) is 25.1 Å². The van der Waals surface area contributed by atoms with Crippen LogP contribution in [0.5, 0.6) is 5.75 Å². The van der Waals surface area contributed by atoms with Crippen LogP contribution in [0.4, 0.5) is 11.4 Å². The third kappa shape index (κ3) is 4.46. The highest BCUT2D eigenvalue weighted by Crippen LogP contribution is 2.35. The van der Waals surface area contributed by atoms with Crippen molar-refractivity contribution in [2.75, 3.05) is 31.2 Å². The van der Waals surface area contributed by atoms with Crippen LogP contribution in [0.3, 0.4) is 0 Å². The highest BCUT2D eigenvalue weighted by molar-refractivity contribution is 6.01. The molecule has 0 spiro atoms. The number of aliphatic hydroxyl groups is 1. The zero-order valence-corrected chi connectivity index (χ0v) is 13.7. The molecule has 1 aromatic rings. The summed E-state index contributed by atoms with van der Waals surface area (Å²) in [6.45, 7) is 6.97. The highest BCUT2D eigenvalue weighted by Gasteiger charge is 2.18. The number of aliphatic hydroxyl groups excluding tert-OH is 1. The molecule has 0 radical (unpaired) electrons. The van der Waals surface area contributed by atoms with Crippen molar-refractivity contribution in [1.82, 2.24) is 5.32 Å². The number of rotatable bonds is 8. The molecule has 126 valence electrons. The number of carbonyl (C=O) groups is 2. The van der Waals surface area contributed by atoms with Gasteiger partial charge in [0.25, 0.3) is 0 Å². The number of ketones is 1. The summed E-state index contributed by atoms with van der Waals surface area (Å²) in [6, 6.07) is 1.53. The number of ether oxygens (including phenoxy) is 1. The molecule has 0 fully saturated rings. The Morgan fingerprint density at radius 1 is 1.35 bits per heavy atom. The molecule has 0 saturated heterocycles. The van der Waals surface area contributed by atoms with Crippen LogP contribution in [-0.2, 0) is 11.4 Å². The summed E-state index contributed by atoms with van der Waals surface area (Å²) in [5, 5.41) is 15.3. The fraction of sp³-hybridized carbons (Fsp3) is 0.375. The summed E-state index contributed by atoms with van der Waals surface area (Å²) >= 11 is 0. The first-order chi connectivity index (χ1) is 10.8. The van der Waals surface area contributed by atoms with Crippen molar-refractivity contribution in [3.63, 3.8) is 0 Å². The van der Waals surface area contributed by atoms with Crippen LogP contribution >= 0.6 is 0 Å². The second-order valence-electron chi connectivity index (χ2n) is 5.07. The molecule has 23 heavy (non-hydrogen) atoms. The van der Waals surface area contributed by atoms with Gasteiger partial charge in [-0.2, -0.15) is 0 Å². The minimum atomic E-state index is -0.343. The van der Waals surface area contributed by atoms with Gasteiger partial charge in [-0.25, -0.2) is 0 Å². The Kier molecular flexibility index (Phi) is 6.59. The van der Waals surface area contributed by atoms with E-state index in [1.54, 1.807) is 6.92 Å². The number of benzene rings is 1. The van der Waals surface area contributed by atoms with Crippen molar-refractivity contribution in [1.29, 1.82) is 0 Å². The molecule has 0 saturated carbocycles. The number of amides is 1. The maximum Gasteiger partial charge on any atom is 0.246 e. The van der Waals surface area contributed by atoms with E-state index in [0.29, 0.717) is 41.2 Å². The van der Waals surface area contributed by atoms with E-state index in [1.165, 1.54) is 20.1 Å². The molecule has 7 nitrogen and oxygen atoms in total. The van der Waals surface area contributed by atoms with Crippen molar-refractivity contribution < 1.29 is 19.4 Å². The van der Waals surface area contributed by atoms with Crippen LogP contribution in [0.25, 0.3) is 0 Å². The van der Waals surface area contributed by atoms with Crippen molar-refractivity contribution in [2.24, 2.45) is 0 Å². The maximum absolute atomic E-state index is 11.6. The predicted octanol–water partition coefficient (Wildman–Crippen LogP) is 1.08. The van der Waals surface area contributed by atoms with E-state index >= 15 is 0 Å². The molecular formula is C16H23N3O4. The topological polar surface area (TPSA) is 114 Å². The lowest BCUT2D eigenvalue weighted by molar-refractivity contribution is -0.117. The van der Waals surface area contributed by atoms with E-state index in [2.05, 4.69) is 17.2 Å². The lowest BCUT2D eigenvalue weighted by Gasteiger charge is -2.19. The van der Waals surface area contributed by atoms with E-state index < -0.39 is 0 Å². The fourth-order valence-corrected chi connectivity index (χ4v) is 2.05. The number of nitrogens with two attached hydrogens (primary N) is 1. The Hall–Kier alpha value is -2.54.